The number of carbonyl (C=O) groups excluding carboxylic acids is 1. The van der Waals surface area contributed by atoms with Crippen LogP contribution >= 0.6 is 0 Å². The van der Waals surface area contributed by atoms with E-state index < -0.39 is 0 Å². The van der Waals surface area contributed by atoms with Crippen molar-refractivity contribution in [3.8, 4) is 0 Å². The van der Waals surface area contributed by atoms with Crippen LogP contribution in [0.25, 0.3) is 0 Å². The van der Waals surface area contributed by atoms with E-state index in [0.717, 1.165) is 45.7 Å². The molecule has 0 bridgehead atoms. The van der Waals surface area contributed by atoms with Crippen LogP contribution in [-0.4, -0.2) is 65.5 Å². The smallest absolute Gasteiger partial charge is 0.226 e. The lowest BCUT2D eigenvalue weighted by Crippen LogP contribution is -2.44. The average Bonchev–Trinajstić information content (AvgIpc) is 2.87. The normalized spacial score (nSPS) is 23.8. The third-order valence-corrected chi connectivity index (χ3v) is 4.66. The fraction of sp³-hybridized carbons (Fsp3) is 0.933. The molecule has 0 aromatic carbocycles. The Morgan fingerprint density at radius 3 is 1.95 bits per heavy atom. The molecule has 1 amide bonds. The van der Waals surface area contributed by atoms with Gasteiger partial charge in [0.15, 0.2) is 0 Å². The van der Waals surface area contributed by atoms with E-state index in [4.69, 9.17) is 0 Å². The highest BCUT2D eigenvalue weighted by molar-refractivity contribution is 5.79. The number of hydrogen-bond acceptors (Lipinski definition) is 3. The fourth-order valence-electron chi connectivity index (χ4n) is 3.13. The lowest BCUT2D eigenvalue weighted by Gasteiger charge is -2.35. The number of likely N-dealkylation sites (tertiary alicyclic amines) is 1. The van der Waals surface area contributed by atoms with Crippen molar-refractivity contribution in [1.29, 1.82) is 0 Å². The molecule has 2 aliphatic heterocycles. The van der Waals surface area contributed by atoms with Gasteiger partial charge in [0.25, 0.3) is 0 Å². The third-order valence-electron chi connectivity index (χ3n) is 4.66. The van der Waals surface area contributed by atoms with Crippen molar-refractivity contribution in [3.05, 3.63) is 0 Å². The molecule has 2 fully saturated rings. The molecule has 0 saturated carbocycles. The SMILES string of the molecule is CC(C)N1CCC(C(=O)N2CCN(C(C)C)C2)CC1. The molecule has 0 spiro atoms. The van der Waals surface area contributed by atoms with Gasteiger partial charge in [-0.25, -0.2) is 0 Å². The zero-order valence-electron chi connectivity index (χ0n) is 12.9. The van der Waals surface area contributed by atoms with Crippen molar-refractivity contribution in [2.75, 3.05) is 32.8 Å². The first-order chi connectivity index (χ1) is 8.99. The summed E-state index contributed by atoms with van der Waals surface area (Å²) >= 11 is 0. The second-order valence-electron chi connectivity index (χ2n) is 6.55. The van der Waals surface area contributed by atoms with Gasteiger partial charge >= 0.3 is 0 Å². The summed E-state index contributed by atoms with van der Waals surface area (Å²) in [7, 11) is 0. The Hall–Kier alpha value is -0.610. The molecular weight excluding hydrogens is 238 g/mol. The van der Waals surface area contributed by atoms with Crippen molar-refractivity contribution in [3.63, 3.8) is 0 Å². The lowest BCUT2D eigenvalue weighted by atomic mass is 9.94. The van der Waals surface area contributed by atoms with Gasteiger partial charge in [0.2, 0.25) is 5.91 Å². The summed E-state index contributed by atoms with van der Waals surface area (Å²) in [6, 6.07) is 1.15. The van der Waals surface area contributed by atoms with Crippen LogP contribution in [0.3, 0.4) is 0 Å². The van der Waals surface area contributed by atoms with E-state index >= 15 is 0 Å². The molecule has 0 atom stereocenters. The molecule has 4 nitrogen and oxygen atoms in total. The van der Waals surface area contributed by atoms with Gasteiger partial charge in [0.1, 0.15) is 0 Å². The first-order valence-corrected chi connectivity index (χ1v) is 7.76. The Morgan fingerprint density at radius 1 is 0.895 bits per heavy atom. The summed E-state index contributed by atoms with van der Waals surface area (Å²) in [6.45, 7) is 13.8. The minimum Gasteiger partial charge on any atom is -0.328 e. The summed E-state index contributed by atoms with van der Waals surface area (Å²) in [5.74, 6) is 0.661. The first kappa shape index (κ1) is 14.8. The van der Waals surface area contributed by atoms with Crippen LogP contribution in [-0.2, 0) is 4.79 Å². The van der Waals surface area contributed by atoms with E-state index in [0.29, 0.717) is 18.0 Å². The highest BCUT2D eigenvalue weighted by Gasteiger charge is 2.32. The summed E-state index contributed by atoms with van der Waals surface area (Å²) < 4.78 is 0. The highest BCUT2D eigenvalue weighted by Crippen LogP contribution is 2.22. The molecule has 0 aromatic heterocycles. The minimum absolute atomic E-state index is 0.266. The van der Waals surface area contributed by atoms with Crippen molar-refractivity contribution in [2.24, 2.45) is 5.92 Å². The van der Waals surface area contributed by atoms with Crippen molar-refractivity contribution in [1.82, 2.24) is 14.7 Å². The number of nitrogens with zero attached hydrogens (tertiary/aromatic N) is 3. The van der Waals surface area contributed by atoms with Crippen molar-refractivity contribution in [2.45, 2.75) is 52.6 Å². The van der Waals surface area contributed by atoms with Crippen molar-refractivity contribution < 1.29 is 4.79 Å². The maximum atomic E-state index is 12.5. The van der Waals surface area contributed by atoms with Crippen molar-refractivity contribution >= 4 is 5.91 Å². The summed E-state index contributed by atoms with van der Waals surface area (Å²) in [4.78, 5) is 19.4. The molecule has 2 saturated heterocycles. The van der Waals surface area contributed by atoms with E-state index in [-0.39, 0.29) is 5.92 Å². The predicted octanol–water partition coefficient (Wildman–Crippen LogP) is 1.62. The van der Waals surface area contributed by atoms with Gasteiger partial charge in [-0.15, -0.1) is 0 Å². The Labute approximate surface area is 117 Å². The minimum atomic E-state index is 0.266. The zero-order valence-corrected chi connectivity index (χ0v) is 12.9. The van der Waals surface area contributed by atoms with Crippen LogP contribution in [0.1, 0.15) is 40.5 Å². The number of carbonyl (C=O) groups is 1. The van der Waals surface area contributed by atoms with Gasteiger partial charge in [0, 0.05) is 31.1 Å². The summed E-state index contributed by atoms with van der Waals surface area (Å²) in [5.41, 5.74) is 0. The van der Waals surface area contributed by atoms with Gasteiger partial charge in [-0.1, -0.05) is 0 Å². The van der Waals surface area contributed by atoms with Crippen LogP contribution in [0, 0.1) is 5.92 Å². The van der Waals surface area contributed by atoms with E-state index in [1.54, 1.807) is 0 Å². The quantitative estimate of drug-likeness (QED) is 0.777. The van der Waals surface area contributed by atoms with Gasteiger partial charge in [-0.3, -0.25) is 9.69 Å². The standard InChI is InChI=1S/C15H29N3O/c1-12(2)16-7-5-14(6-8-16)15(19)18-10-9-17(11-18)13(3)4/h12-14H,5-11H2,1-4H3. The molecule has 4 heteroatoms. The molecule has 2 rings (SSSR count). The topological polar surface area (TPSA) is 26.8 Å². The van der Waals surface area contributed by atoms with Gasteiger partial charge < -0.3 is 9.80 Å². The summed E-state index contributed by atoms with van der Waals surface area (Å²) in [5, 5.41) is 0. The Bertz CT molecular complexity index is 309. The van der Waals surface area contributed by atoms with E-state index in [9.17, 15) is 4.79 Å². The molecule has 0 radical (unpaired) electrons. The Kier molecular flexibility index (Phi) is 4.85. The molecule has 2 aliphatic rings. The summed E-state index contributed by atoms with van der Waals surface area (Å²) in [6.07, 6.45) is 2.07. The monoisotopic (exact) mass is 267 g/mol. The second-order valence-corrected chi connectivity index (χ2v) is 6.55. The average molecular weight is 267 g/mol. The largest absolute Gasteiger partial charge is 0.328 e. The zero-order chi connectivity index (χ0) is 14.0. The first-order valence-electron chi connectivity index (χ1n) is 7.76. The Balaban J connectivity index is 1.82. The number of hydrogen-bond donors (Lipinski definition) is 0. The van der Waals surface area contributed by atoms with Gasteiger partial charge in [-0.2, -0.15) is 0 Å². The predicted molar refractivity (Wildman–Crippen MR) is 77.9 cm³/mol. The number of piperidine rings is 1. The van der Waals surface area contributed by atoms with Crippen LogP contribution < -0.4 is 0 Å². The van der Waals surface area contributed by atoms with Crippen LogP contribution in [0.15, 0.2) is 0 Å². The molecule has 0 aromatic rings. The maximum Gasteiger partial charge on any atom is 0.226 e. The number of amides is 1. The van der Waals surface area contributed by atoms with Crippen LogP contribution in [0.4, 0.5) is 0 Å². The van der Waals surface area contributed by atoms with Gasteiger partial charge in [-0.05, 0) is 53.6 Å². The van der Waals surface area contributed by atoms with E-state index in [1.165, 1.54) is 0 Å². The molecule has 0 unspecified atom stereocenters. The van der Waals surface area contributed by atoms with E-state index in [1.807, 2.05) is 0 Å². The van der Waals surface area contributed by atoms with Crippen LogP contribution in [0.5, 0.6) is 0 Å². The van der Waals surface area contributed by atoms with Crippen LogP contribution in [0.2, 0.25) is 0 Å². The Morgan fingerprint density at radius 2 is 1.47 bits per heavy atom. The highest BCUT2D eigenvalue weighted by atomic mass is 16.2. The number of rotatable bonds is 3. The van der Waals surface area contributed by atoms with E-state index in [2.05, 4.69) is 42.4 Å². The maximum absolute atomic E-state index is 12.5. The fourth-order valence-corrected chi connectivity index (χ4v) is 3.13. The second kappa shape index (κ2) is 6.23. The molecule has 0 N–H and O–H groups in total. The molecule has 110 valence electrons. The third kappa shape index (κ3) is 3.48. The molecule has 0 aliphatic carbocycles. The molecule has 19 heavy (non-hydrogen) atoms. The molecular formula is C15H29N3O. The van der Waals surface area contributed by atoms with Gasteiger partial charge in [0.05, 0.1) is 6.67 Å². The lowest BCUT2D eigenvalue weighted by molar-refractivity contribution is -0.136. The molecule has 2 heterocycles.